The number of esters is 1. The van der Waals surface area contributed by atoms with Gasteiger partial charge in [-0.25, -0.2) is 4.57 Å². The van der Waals surface area contributed by atoms with Gasteiger partial charge in [0.25, 0.3) is 0 Å². The number of likely N-dealkylation sites (N-methyl/N-ethyl adjacent to an activating group) is 1. The van der Waals surface area contributed by atoms with E-state index < -0.39 is 13.9 Å². The van der Waals surface area contributed by atoms with Gasteiger partial charge in [-0.15, -0.1) is 0 Å². The molecule has 63 heavy (non-hydrogen) atoms. The first-order valence-corrected chi connectivity index (χ1v) is 28.6. The molecule has 2 unspecified atom stereocenters. The molecular formula is C54H107NO7P+. The average Bonchev–Trinajstić information content (AvgIpc) is 3.24. The predicted molar refractivity (Wildman–Crippen MR) is 270 cm³/mol. The largest absolute Gasteiger partial charge is 0.472 e. The summed E-state index contributed by atoms with van der Waals surface area (Å²) in [5.74, 6) is -0.312. The third-order valence-electron chi connectivity index (χ3n) is 12.0. The van der Waals surface area contributed by atoms with E-state index in [1.165, 1.54) is 205 Å². The topological polar surface area (TPSA) is 91.3 Å². The van der Waals surface area contributed by atoms with E-state index in [0.29, 0.717) is 24.1 Å². The molecule has 0 aliphatic heterocycles. The first-order chi connectivity index (χ1) is 30.6. The van der Waals surface area contributed by atoms with Gasteiger partial charge in [-0.1, -0.05) is 212 Å². The minimum atomic E-state index is -4.28. The quantitative estimate of drug-likeness (QED) is 0.0214. The van der Waals surface area contributed by atoms with E-state index in [2.05, 4.69) is 38.2 Å². The Balaban J connectivity index is 4.09. The van der Waals surface area contributed by atoms with E-state index in [1.54, 1.807) is 0 Å². The van der Waals surface area contributed by atoms with Crippen molar-refractivity contribution in [3.05, 3.63) is 24.3 Å². The molecule has 1 N–H and O–H groups in total. The Hall–Kier alpha value is -1.02. The summed E-state index contributed by atoms with van der Waals surface area (Å²) in [7, 11) is 1.68. The molecule has 0 amide bonds. The summed E-state index contributed by atoms with van der Waals surface area (Å²) >= 11 is 0. The fourth-order valence-corrected chi connectivity index (χ4v) is 8.52. The van der Waals surface area contributed by atoms with Crippen LogP contribution in [-0.2, 0) is 27.9 Å². The minimum Gasteiger partial charge on any atom is -0.457 e. The van der Waals surface area contributed by atoms with Crippen molar-refractivity contribution in [2.75, 3.05) is 54.1 Å². The number of hydrogen-bond donors (Lipinski definition) is 1. The Morgan fingerprint density at radius 3 is 1.21 bits per heavy atom. The minimum absolute atomic E-state index is 0.0898. The van der Waals surface area contributed by atoms with Crippen LogP contribution < -0.4 is 0 Å². The second-order valence-corrected chi connectivity index (χ2v) is 21.1. The van der Waals surface area contributed by atoms with Gasteiger partial charge in [0.2, 0.25) is 0 Å². The standard InChI is InChI=1S/C54H106NO7P/c1-6-8-10-12-14-16-18-20-22-24-26-27-28-30-32-34-36-38-40-42-44-46-49-59-51-53(52-61-63(57,58)60-50-48-55(3,4)5)62-54(56)47-45-43-41-39-37-35-33-31-29-25-23-21-19-17-15-13-11-9-7-2/h21,23-24,26,53H,6-20,22,25,27-52H2,1-5H3/p+1/b23-21-,26-24-. The Morgan fingerprint density at radius 2 is 0.825 bits per heavy atom. The molecule has 9 heteroatoms. The molecule has 0 heterocycles. The number of allylic oxidation sites excluding steroid dienone is 4. The van der Waals surface area contributed by atoms with Crippen LogP contribution in [0.5, 0.6) is 0 Å². The lowest BCUT2D eigenvalue weighted by atomic mass is 10.1. The van der Waals surface area contributed by atoms with Gasteiger partial charge in [-0.3, -0.25) is 13.8 Å². The van der Waals surface area contributed by atoms with Crippen molar-refractivity contribution in [2.24, 2.45) is 0 Å². The molecule has 0 aromatic heterocycles. The maximum Gasteiger partial charge on any atom is 0.472 e. The number of carbonyl (C=O) groups excluding carboxylic acids is 1. The van der Waals surface area contributed by atoms with Crippen molar-refractivity contribution in [3.63, 3.8) is 0 Å². The molecule has 0 saturated heterocycles. The van der Waals surface area contributed by atoms with Crippen molar-refractivity contribution < 1.29 is 37.3 Å². The van der Waals surface area contributed by atoms with Crippen LogP contribution >= 0.6 is 7.82 Å². The number of phosphoric acid groups is 1. The van der Waals surface area contributed by atoms with E-state index in [0.717, 1.165) is 32.1 Å². The Morgan fingerprint density at radius 1 is 0.476 bits per heavy atom. The zero-order valence-corrected chi connectivity index (χ0v) is 43.5. The van der Waals surface area contributed by atoms with Crippen molar-refractivity contribution in [3.8, 4) is 0 Å². The summed E-state index contributed by atoms with van der Waals surface area (Å²) in [6.45, 7) is 5.66. The van der Waals surface area contributed by atoms with E-state index in [-0.39, 0.29) is 25.8 Å². The lowest BCUT2D eigenvalue weighted by Crippen LogP contribution is -2.37. The fourth-order valence-electron chi connectivity index (χ4n) is 7.78. The van der Waals surface area contributed by atoms with Crippen LogP contribution in [0.1, 0.15) is 258 Å². The van der Waals surface area contributed by atoms with Crippen LogP contribution in [0, 0.1) is 0 Å². The highest BCUT2D eigenvalue weighted by Crippen LogP contribution is 2.43. The highest BCUT2D eigenvalue weighted by atomic mass is 31.2. The lowest BCUT2D eigenvalue weighted by molar-refractivity contribution is -0.870. The number of phosphoric ester groups is 1. The first-order valence-electron chi connectivity index (χ1n) is 27.1. The molecule has 0 saturated carbocycles. The van der Waals surface area contributed by atoms with Crippen LogP contribution in [0.4, 0.5) is 0 Å². The zero-order chi connectivity index (χ0) is 46.2. The smallest absolute Gasteiger partial charge is 0.457 e. The second-order valence-electron chi connectivity index (χ2n) is 19.6. The maximum absolute atomic E-state index is 12.8. The number of quaternary nitrogens is 1. The number of carbonyl (C=O) groups is 1. The van der Waals surface area contributed by atoms with Gasteiger partial charge in [-0.2, -0.15) is 0 Å². The van der Waals surface area contributed by atoms with Crippen LogP contribution in [-0.4, -0.2) is 75.6 Å². The van der Waals surface area contributed by atoms with Crippen molar-refractivity contribution in [1.82, 2.24) is 0 Å². The van der Waals surface area contributed by atoms with Crippen molar-refractivity contribution >= 4 is 13.8 Å². The first kappa shape index (κ1) is 62.0. The molecule has 374 valence electrons. The van der Waals surface area contributed by atoms with Gasteiger partial charge < -0.3 is 18.9 Å². The van der Waals surface area contributed by atoms with Gasteiger partial charge in [-0.05, 0) is 64.2 Å². The SMILES string of the molecule is CCCCCCCC/C=C\CCCCCCCCCCCC(=O)OC(COCCCCCCCCCCCC/C=C\CCCCCCCCCC)COP(=O)(O)OCC[N+](C)(C)C. The molecule has 0 bridgehead atoms. The second kappa shape index (κ2) is 47.5. The number of ether oxygens (including phenoxy) is 2. The fraction of sp³-hybridized carbons (Fsp3) is 0.907. The van der Waals surface area contributed by atoms with Crippen LogP contribution in [0.25, 0.3) is 0 Å². The molecule has 8 nitrogen and oxygen atoms in total. The van der Waals surface area contributed by atoms with E-state index in [1.807, 2.05) is 21.1 Å². The summed E-state index contributed by atoms with van der Waals surface area (Å²) in [5.41, 5.74) is 0. The summed E-state index contributed by atoms with van der Waals surface area (Å²) in [6, 6.07) is 0. The highest BCUT2D eigenvalue weighted by molar-refractivity contribution is 7.47. The number of unbranched alkanes of at least 4 members (excludes halogenated alkanes) is 33. The summed E-state index contributed by atoms with van der Waals surface area (Å²) in [6.07, 6.45) is 56.5. The van der Waals surface area contributed by atoms with Gasteiger partial charge in [0, 0.05) is 13.0 Å². The predicted octanol–water partition coefficient (Wildman–Crippen LogP) is 16.7. The van der Waals surface area contributed by atoms with Gasteiger partial charge in [0.05, 0.1) is 34.4 Å². The Kier molecular flexibility index (Phi) is 46.7. The van der Waals surface area contributed by atoms with Gasteiger partial charge >= 0.3 is 13.8 Å². The number of hydrogen-bond acceptors (Lipinski definition) is 6. The molecule has 0 spiro atoms. The molecule has 0 aliphatic rings. The molecule has 0 radical (unpaired) electrons. The molecule has 0 rings (SSSR count). The summed E-state index contributed by atoms with van der Waals surface area (Å²) < 4.78 is 35.2. The number of nitrogens with zero attached hydrogens (tertiary/aromatic N) is 1. The highest BCUT2D eigenvalue weighted by Gasteiger charge is 2.26. The van der Waals surface area contributed by atoms with Gasteiger partial charge in [0.15, 0.2) is 0 Å². The normalized spacial score (nSPS) is 13.7. The molecular weight excluding hydrogens is 806 g/mol. The lowest BCUT2D eigenvalue weighted by Gasteiger charge is -2.24. The monoisotopic (exact) mass is 913 g/mol. The van der Waals surface area contributed by atoms with Crippen LogP contribution in [0.15, 0.2) is 24.3 Å². The van der Waals surface area contributed by atoms with Crippen molar-refractivity contribution in [2.45, 2.75) is 264 Å². The Labute approximate surface area is 392 Å². The Bertz CT molecular complexity index is 1060. The van der Waals surface area contributed by atoms with Crippen molar-refractivity contribution in [1.29, 1.82) is 0 Å². The summed E-state index contributed by atoms with van der Waals surface area (Å²) in [4.78, 5) is 23.0. The summed E-state index contributed by atoms with van der Waals surface area (Å²) in [5, 5.41) is 0. The third-order valence-corrected chi connectivity index (χ3v) is 13.0. The van der Waals surface area contributed by atoms with E-state index in [9.17, 15) is 14.3 Å². The molecule has 0 aromatic carbocycles. The average molecular weight is 913 g/mol. The van der Waals surface area contributed by atoms with E-state index >= 15 is 0 Å². The maximum atomic E-state index is 12.8. The van der Waals surface area contributed by atoms with Crippen LogP contribution in [0.3, 0.4) is 0 Å². The molecule has 0 fully saturated rings. The van der Waals surface area contributed by atoms with Gasteiger partial charge in [0.1, 0.15) is 19.3 Å². The molecule has 2 atom stereocenters. The number of rotatable bonds is 51. The zero-order valence-electron chi connectivity index (χ0n) is 42.6. The molecule has 0 aromatic rings. The third kappa shape index (κ3) is 51.8. The molecule has 0 aliphatic carbocycles. The van der Waals surface area contributed by atoms with E-state index in [4.69, 9.17) is 18.5 Å². The van der Waals surface area contributed by atoms with Crippen LogP contribution in [0.2, 0.25) is 0 Å².